The number of alkyl halides is 1. The molecule has 12 heteroatoms. The van der Waals surface area contributed by atoms with Gasteiger partial charge in [0, 0.05) is 42.2 Å². The molecule has 7 heterocycles. The molecule has 2 N–H and O–H groups in total. The van der Waals surface area contributed by atoms with Gasteiger partial charge in [0.1, 0.15) is 47.5 Å². The Kier molecular flexibility index (Phi) is 5.82. The van der Waals surface area contributed by atoms with Gasteiger partial charge in [0.15, 0.2) is 5.82 Å². The number of hydrogen-bond donors (Lipinski definition) is 2. The Bertz CT molecular complexity index is 1660. The molecule has 0 amide bonds. The van der Waals surface area contributed by atoms with Crippen LogP contribution in [0.25, 0.3) is 22.2 Å². The van der Waals surface area contributed by atoms with Crippen LogP contribution >= 0.6 is 11.6 Å². The lowest BCUT2D eigenvalue weighted by atomic mass is 9.95. The molecule has 4 saturated heterocycles. The lowest BCUT2D eigenvalue weighted by Gasteiger charge is -2.40. The van der Waals surface area contributed by atoms with Gasteiger partial charge in [0.25, 0.3) is 0 Å². The van der Waals surface area contributed by atoms with Crippen LogP contribution in [0.4, 0.5) is 14.6 Å². The molecule has 9 nitrogen and oxygen atoms in total. The smallest absolute Gasteiger partial charge is 0.319 e. The summed E-state index contributed by atoms with van der Waals surface area (Å²) in [5.74, 6) is 0.292. The second kappa shape index (κ2) is 9.49. The summed E-state index contributed by atoms with van der Waals surface area (Å²) in [4.78, 5) is 18.7. The number of benzene rings is 1. The second-order valence-corrected chi connectivity index (χ2v) is 13.6. The van der Waals surface area contributed by atoms with Crippen molar-refractivity contribution in [2.75, 3.05) is 37.7 Å². The van der Waals surface area contributed by atoms with Gasteiger partial charge in [-0.1, -0.05) is 11.6 Å². The number of phenols is 1. The molecule has 0 unspecified atom stereocenters. The summed E-state index contributed by atoms with van der Waals surface area (Å²) < 4.78 is 44.0. The maximum absolute atomic E-state index is 16.8. The minimum absolute atomic E-state index is 0.0197. The van der Waals surface area contributed by atoms with Crippen molar-refractivity contribution in [3.8, 4) is 28.9 Å². The Morgan fingerprint density at radius 1 is 1.16 bits per heavy atom. The lowest BCUT2D eigenvalue weighted by molar-refractivity contribution is 0.107. The first kappa shape index (κ1) is 26.4. The van der Waals surface area contributed by atoms with E-state index in [0.717, 1.165) is 50.6 Å². The Hall–Kier alpha value is -3.02. The molecule has 3 aromatic rings. The van der Waals surface area contributed by atoms with Gasteiger partial charge < -0.3 is 24.8 Å². The molecule has 2 bridgehead atoms. The van der Waals surface area contributed by atoms with E-state index in [2.05, 4.69) is 20.1 Å². The zero-order valence-corrected chi connectivity index (χ0v) is 24.4. The maximum atomic E-state index is 16.8. The summed E-state index contributed by atoms with van der Waals surface area (Å²) in [5, 5.41) is 15.0. The monoisotopic (exact) mass is 610 g/mol. The fraction of sp³-hybridized carbons (Fsp3) is 0.581. The molecule has 1 aromatic carbocycles. The minimum atomic E-state index is -0.885. The van der Waals surface area contributed by atoms with E-state index in [0.29, 0.717) is 53.9 Å². The van der Waals surface area contributed by atoms with E-state index in [1.54, 1.807) is 0 Å². The van der Waals surface area contributed by atoms with E-state index < -0.39 is 17.5 Å². The van der Waals surface area contributed by atoms with Crippen LogP contribution in [0.5, 0.6) is 17.6 Å². The molecule has 5 fully saturated rings. The van der Waals surface area contributed by atoms with E-state index in [9.17, 15) is 9.50 Å². The number of fused-ring (bicyclic) bond motifs is 6. The van der Waals surface area contributed by atoms with Gasteiger partial charge in [0.2, 0.25) is 5.88 Å². The van der Waals surface area contributed by atoms with Crippen LogP contribution in [0.2, 0.25) is 5.02 Å². The number of aromatic hydroxyl groups is 1. The summed E-state index contributed by atoms with van der Waals surface area (Å²) in [7, 11) is 0. The second-order valence-electron chi connectivity index (χ2n) is 13.2. The van der Waals surface area contributed by atoms with Gasteiger partial charge in [0.05, 0.1) is 11.6 Å². The Labute approximate surface area is 252 Å². The Morgan fingerprint density at radius 2 is 2.05 bits per heavy atom. The third-order valence-electron chi connectivity index (χ3n) is 10.5. The molecule has 0 radical (unpaired) electrons. The average molecular weight is 611 g/mol. The summed E-state index contributed by atoms with van der Waals surface area (Å²) in [6.45, 7) is 2.56. The van der Waals surface area contributed by atoms with Crippen LogP contribution in [0.3, 0.4) is 0 Å². The van der Waals surface area contributed by atoms with Gasteiger partial charge in [-0.2, -0.15) is 9.97 Å². The SMILES string of the molecule is Oc1cc(Cl)c(C2CC2)c(-c2nc3c4c(nc(OC[C@]56CCCN5C[C@H](F)C6)nc4c2F)N2C[C@H]4CC[C@H](N4)[C@H]2CO3)c1. The number of rotatable bonds is 5. The molecule has 43 heavy (non-hydrogen) atoms. The van der Waals surface area contributed by atoms with Gasteiger partial charge in [-0.05, 0) is 68.7 Å². The van der Waals surface area contributed by atoms with Crippen molar-refractivity contribution < 1.29 is 23.4 Å². The molecule has 0 spiro atoms. The largest absolute Gasteiger partial charge is 0.508 e. The predicted octanol–water partition coefficient (Wildman–Crippen LogP) is 4.72. The van der Waals surface area contributed by atoms with Crippen molar-refractivity contribution in [2.45, 2.75) is 80.7 Å². The molecule has 5 atom stereocenters. The number of ether oxygens (including phenoxy) is 2. The topological polar surface area (TPSA) is 95.9 Å². The first-order chi connectivity index (χ1) is 20.9. The van der Waals surface area contributed by atoms with E-state index >= 15 is 4.39 Å². The first-order valence-electron chi connectivity index (χ1n) is 15.5. The van der Waals surface area contributed by atoms with Gasteiger partial charge in [-0.3, -0.25) is 4.90 Å². The number of halogens is 3. The standard InChI is InChI=1S/C31H33ClF2N6O3/c32-20-9-18(41)8-19(23(20)15-2-3-15)26-25(34)27-24-28(40-12-17-4-5-21(35-17)22(40)13-42-29(24)36-26)38-30(37-27)43-14-31-6-1-7-39(31)11-16(33)10-31/h8-9,15-17,21-22,35,41H,1-7,10-14H2/t16-,17-,21+,22-,31-/m1/s1. The number of aromatic nitrogens is 3. The molecule has 9 rings (SSSR count). The highest BCUT2D eigenvalue weighted by molar-refractivity contribution is 6.32. The highest BCUT2D eigenvalue weighted by Gasteiger charge is 2.50. The van der Waals surface area contributed by atoms with Crippen LogP contribution in [0.15, 0.2) is 12.1 Å². The molecule has 1 aliphatic carbocycles. The van der Waals surface area contributed by atoms with Gasteiger partial charge in [-0.25, -0.2) is 13.8 Å². The number of nitrogens with one attached hydrogen (secondary N) is 1. The molecular formula is C31H33ClF2N6O3. The zero-order chi connectivity index (χ0) is 29.0. The van der Waals surface area contributed by atoms with Crippen molar-refractivity contribution in [2.24, 2.45) is 0 Å². The molecule has 5 aliphatic heterocycles. The lowest BCUT2D eigenvalue weighted by Crippen LogP contribution is -2.60. The number of anilines is 1. The quantitative estimate of drug-likeness (QED) is 0.425. The van der Waals surface area contributed by atoms with Crippen LogP contribution in [0, 0.1) is 5.82 Å². The number of piperazine rings is 1. The normalized spacial score (nSPS) is 31.2. The third kappa shape index (κ3) is 4.10. The number of phenolic OH excluding ortho intramolecular Hbond substituents is 1. The third-order valence-corrected chi connectivity index (χ3v) is 10.8. The summed E-state index contributed by atoms with van der Waals surface area (Å²) >= 11 is 6.60. The number of hydrogen-bond acceptors (Lipinski definition) is 9. The van der Waals surface area contributed by atoms with Crippen LogP contribution in [-0.2, 0) is 0 Å². The number of nitrogens with zero attached hydrogens (tertiary/aromatic N) is 5. The van der Waals surface area contributed by atoms with Crippen molar-refractivity contribution in [1.82, 2.24) is 25.2 Å². The molecule has 2 aromatic heterocycles. The van der Waals surface area contributed by atoms with Gasteiger partial charge in [-0.15, -0.1) is 0 Å². The average Bonchev–Trinajstić information content (AvgIpc) is 3.56. The van der Waals surface area contributed by atoms with Crippen LogP contribution in [-0.4, -0.2) is 87.6 Å². The van der Waals surface area contributed by atoms with Crippen molar-refractivity contribution in [3.63, 3.8) is 0 Å². The molecule has 6 aliphatic rings. The van der Waals surface area contributed by atoms with E-state index in [1.165, 1.54) is 12.1 Å². The fourth-order valence-electron chi connectivity index (χ4n) is 8.39. The molecule has 1 saturated carbocycles. The summed E-state index contributed by atoms with van der Waals surface area (Å²) in [6, 6.07) is 3.57. The van der Waals surface area contributed by atoms with Crippen LogP contribution in [0.1, 0.15) is 56.4 Å². The zero-order valence-electron chi connectivity index (χ0n) is 23.7. The van der Waals surface area contributed by atoms with Crippen molar-refractivity contribution >= 4 is 28.3 Å². The summed E-state index contributed by atoms with van der Waals surface area (Å²) in [5.41, 5.74) is 0.920. The molecule has 226 valence electrons. The van der Waals surface area contributed by atoms with E-state index in [1.807, 2.05) is 0 Å². The van der Waals surface area contributed by atoms with Crippen molar-refractivity contribution in [1.29, 1.82) is 0 Å². The first-order valence-corrected chi connectivity index (χ1v) is 15.9. The van der Waals surface area contributed by atoms with E-state index in [-0.39, 0.29) is 53.5 Å². The molecular weight excluding hydrogens is 578 g/mol. The van der Waals surface area contributed by atoms with Crippen molar-refractivity contribution in [3.05, 3.63) is 28.5 Å². The Balaban J connectivity index is 1.21. The summed E-state index contributed by atoms with van der Waals surface area (Å²) in [6.07, 6.45) is 5.31. The highest BCUT2D eigenvalue weighted by Crippen LogP contribution is 2.50. The van der Waals surface area contributed by atoms with Crippen LogP contribution < -0.4 is 19.7 Å². The minimum Gasteiger partial charge on any atom is -0.508 e. The maximum Gasteiger partial charge on any atom is 0.319 e. The van der Waals surface area contributed by atoms with Gasteiger partial charge >= 0.3 is 6.01 Å². The predicted molar refractivity (Wildman–Crippen MR) is 156 cm³/mol. The Morgan fingerprint density at radius 3 is 2.91 bits per heavy atom. The highest BCUT2D eigenvalue weighted by atomic mass is 35.5. The fourth-order valence-corrected chi connectivity index (χ4v) is 8.76. The number of pyridine rings is 1. The van der Waals surface area contributed by atoms with E-state index in [4.69, 9.17) is 31.0 Å².